The summed E-state index contributed by atoms with van der Waals surface area (Å²) in [4.78, 5) is 13.0. The summed E-state index contributed by atoms with van der Waals surface area (Å²) in [6.07, 6.45) is -9.75. The van der Waals surface area contributed by atoms with Gasteiger partial charge in [-0.15, -0.1) is 0 Å². The molecule has 0 bridgehead atoms. The third-order valence-corrected chi connectivity index (χ3v) is 6.84. The van der Waals surface area contributed by atoms with E-state index in [0.717, 1.165) is 0 Å². The maximum absolute atomic E-state index is 13.0. The van der Waals surface area contributed by atoms with Crippen LogP contribution in [0.4, 0.5) is 0 Å². The zero-order valence-corrected chi connectivity index (χ0v) is 20.9. The lowest BCUT2D eigenvalue weighted by atomic mass is 9.93. The normalized spacial score (nSPS) is 27.8. The first kappa shape index (κ1) is 27.5. The second-order valence-electron chi connectivity index (χ2n) is 9.54. The molecule has 2 aliphatic rings. The molecule has 0 spiro atoms. The Labute approximate surface area is 227 Å². The van der Waals surface area contributed by atoms with E-state index in [4.69, 9.17) is 18.9 Å². The van der Waals surface area contributed by atoms with E-state index in [-0.39, 0.29) is 35.0 Å². The van der Waals surface area contributed by atoms with E-state index in [1.54, 1.807) is 30.3 Å². The van der Waals surface area contributed by atoms with Gasteiger partial charge in [0.15, 0.2) is 17.6 Å². The standard InChI is InChI=1S/C28H28O12/c29-12-22-23(33)24(34)25(35)28(40-22)39-20-10-15(30)9-19-16(20)11-21(38-27(36)13-4-2-1-3-5-13)26(37-19)14-6-7-17(31)18(32)8-14/h1-10,21-26,28-35H,11-12H2/t21-,22?,23-,24+,25?,26-,28-/m1/s1. The summed E-state index contributed by atoms with van der Waals surface area (Å²) in [5.41, 5.74) is 0.968. The lowest BCUT2D eigenvalue weighted by Crippen LogP contribution is -2.60. The highest BCUT2D eigenvalue weighted by Gasteiger charge is 2.45. The van der Waals surface area contributed by atoms with Gasteiger partial charge in [0.2, 0.25) is 6.29 Å². The van der Waals surface area contributed by atoms with Gasteiger partial charge in [0, 0.05) is 29.7 Å². The number of carbonyl (C=O) groups excluding carboxylic acids is 1. The van der Waals surface area contributed by atoms with Gasteiger partial charge >= 0.3 is 5.97 Å². The summed E-state index contributed by atoms with van der Waals surface area (Å²) >= 11 is 0. The summed E-state index contributed by atoms with van der Waals surface area (Å²) in [6.45, 7) is -0.662. The molecule has 12 heteroatoms. The van der Waals surface area contributed by atoms with Crippen molar-refractivity contribution in [3.8, 4) is 28.7 Å². The third-order valence-electron chi connectivity index (χ3n) is 6.84. The minimum Gasteiger partial charge on any atom is -0.508 e. The van der Waals surface area contributed by atoms with Crippen molar-refractivity contribution >= 4 is 5.97 Å². The first-order valence-corrected chi connectivity index (χ1v) is 12.4. The van der Waals surface area contributed by atoms with Crippen molar-refractivity contribution in [2.45, 2.75) is 49.3 Å². The number of esters is 1. The number of hydrogen-bond acceptors (Lipinski definition) is 12. The maximum atomic E-state index is 13.0. The van der Waals surface area contributed by atoms with Crippen LogP contribution in [0.3, 0.4) is 0 Å². The summed E-state index contributed by atoms with van der Waals surface area (Å²) in [7, 11) is 0. The Balaban J connectivity index is 1.50. The Morgan fingerprint density at radius 3 is 2.35 bits per heavy atom. The van der Waals surface area contributed by atoms with E-state index in [1.165, 1.54) is 30.3 Å². The molecule has 0 radical (unpaired) electrons. The van der Waals surface area contributed by atoms with E-state index < -0.39 is 61.2 Å². The topological polar surface area (TPSA) is 196 Å². The van der Waals surface area contributed by atoms with E-state index in [9.17, 15) is 40.5 Å². The van der Waals surface area contributed by atoms with E-state index in [0.29, 0.717) is 11.1 Å². The number of aliphatic hydroxyl groups is 4. The fraction of sp³-hybridized carbons (Fsp3) is 0.321. The monoisotopic (exact) mass is 556 g/mol. The molecule has 12 nitrogen and oxygen atoms in total. The minimum atomic E-state index is -1.71. The van der Waals surface area contributed by atoms with Crippen molar-refractivity contribution in [2.75, 3.05) is 6.61 Å². The molecule has 7 N–H and O–H groups in total. The predicted octanol–water partition coefficient (Wildman–Crippen LogP) is 0.884. The molecular formula is C28H28O12. The molecule has 2 aliphatic heterocycles. The number of fused-ring (bicyclic) bond motifs is 1. The summed E-state index contributed by atoms with van der Waals surface area (Å²) in [5.74, 6) is -1.62. The lowest BCUT2D eigenvalue weighted by Gasteiger charge is -2.40. The first-order valence-electron chi connectivity index (χ1n) is 12.4. The number of phenolic OH excluding ortho intramolecular Hbond substituents is 3. The number of rotatable bonds is 6. The van der Waals surface area contributed by atoms with Crippen LogP contribution in [0, 0.1) is 0 Å². The summed E-state index contributed by atoms with van der Waals surface area (Å²) < 4.78 is 23.2. The van der Waals surface area contributed by atoms with Gasteiger partial charge in [-0.05, 0) is 24.3 Å². The molecule has 5 rings (SSSR count). The highest BCUT2D eigenvalue weighted by molar-refractivity contribution is 5.89. The zero-order valence-electron chi connectivity index (χ0n) is 20.9. The third kappa shape index (κ3) is 5.35. The Bertz CT molecular complexity index is 1360. The van der Waals surface area contributed by atoms with Gasteiger partial charge in [0.25, 0.3) is 0 Å². The number of hydrogen-bond donors (Lipinski definition) is 7. The maximum Gasteiger partial charge on any atom is 0.338 e. The van der Waals surface area contributed by atoms with Crippen molar-refractivity contribution in [3.63, 3.8) is 0 Å². The smallest absolute Gasteiger partial charge is 0.338 e. The molecule has 2 unspecified atom stereocenters. The molecule has 1 saturated heterocycles. The van der Waals surface area contributed by atoms with Crippen LogP contribution in [0.1, 0.15) is 27.6 Å². The molecular weight excluding hydrogens is 528 g/mol. The predicted molar refractivity (Wildman–Crippen MR) is 135 cm³/mol. The minimum absolute atomic E-state index is 0.0206. The molecule has 0 saturated carbocycles. The summed E-state index contributed by atoms with van der Waals surface area (Å²) in [6, 6.07) is 14.8. The molecule has 0 amide bonds. The molecule has 212 valence electrons. The van der Waals surface area contributed by atoms with Crippen molar-refractivity contribution in [1.82, 2.24) is 0 Å². The van der Waals surface area contributed by atoms with Crippen LogP contribution in [0.2, 0.25) is 0 Å². The second kappa shape index (κ2) is 11.2. The molecule has 0 aliphatic carbocycles. The number of ether oxygens (including phenoxy) is 4. The van der Waals surface area contributed by atoms with Gasteiger partial charge in [0.1, 0.15) is 47.8 Å². The van der Waals surface area contributed by atoms with Gasteiger partial charge in [-0.3, -0.25) is 0 Å². The van der Waals surface area contributed by atoms with Crippen molar-refractivity contribution < 1.29 is 59.5 Å². The Hall–Kier alpha value is -4.07. The van der Waals surface area contributed by atoms with Crippen molar-refractivity contribution in [2.24, 2.45) is 0 Å². The van der Waals surface area contributed by atoms with Gasteiger partial charge in [-0.2, -0.15) is 0 Å². The highest BCUT2D eigenvalue weighted by atomic mass is 16.7. The first-order chi connectivity index (χ1) is 19.2. The second-order valence-corrected chi connectivity index (χ2v) is 9.54. The van der Waals surface area contributed by atoms with Gasteiger partial charge in [0.05, 0.1) is 12.2 Å². The SMILES string of the molecule is O=C(O[C@@H]1Cc2c(O[C@@H]3OC(CO)[C@@H](O)[C@H](O)C3O)cc(O)cc2O[C@@H]1c1ccc(O)c(O)c1)c1ccccc1. The largest absolute Gasteiger partial charge is 0.508 e. The average Bonchev–Trinajstić information content (AvgIpc) is 2.95. The van der Waals surface area contributed by atoms with Crippen LogP contribution in [-0.2, 0) is 15.9 Å². The van der Waals surface area contributed by atoms with E-state index in [2.05, 4.69) is 0 Å². The number of phenols is 3. The highest BCUT2D eigenvalue weighted by Crippen LogP contribution is 2.45. The zero-order chi connectivity index (χ0) is 28.6. The van der Waals surface area contributed by atoms with Crippen LogP contribution < -0.4 is 9.47 Å². The summed E-state index contributed by atoms with van der Waals surface area (Å²) in [5, 5.41) is 70.4. The fourth-order valence-electron chi connectivity index (χ4n) is 4.71. The molecule has 3 aromatic rings. The quantitative estimate of drug-likeness (QED) is 0.168. The number of aromatic hydroxyl groups is 3. The molecule has 0 aromatic heterocycles. The number of benzene rings is 3. The Kier molecular flexibility index (Phi) is 7.70. The molecule has 2 heterocycles. The van der Waals surface area contributed by atoms with Crippen LogP contribution >= 0.6 is 0 Å². The number of aliphatic hydroxyl groups excluding tert-OH is 4. The van der Waals surface area contributed by atoms with Crippen LogP contribution in [0.5, 0.6) is 28.7 Å². The molecule has 3 aromatic carbocycles. The molecule has 40 heavy (non-hydrogen) atoms. The van der Waals surface area contributed by atoms with Gasteiger partial charge in [-0.1, -0.05) is 24.3 Å². The Morgan fingerprint density at radius 1 is 0.900 bits per heavy atom. The number of carbonyl (C=O) groups is 1. The molecule has 7 atom stereocenters. The lowest BCUT2D eigenvalue weighted by molar-refractivity contribution is -0.277. The van der Waals surface area contributed by atoms with Crippen LogP contribution in [0.25, 0.3) is 0 Å². The van der Waals surface area contributed by atoms with Crippen molar-refractivity contribution in [3.05, 3.63) is 77.4 Å². The average molecular weight is 557 g/mol. The van der Waals surface area contributed by atoms with Crippen molar-refractivity contribution in [1.29, 1.82) is 0 Å². The fourth-order valence-corrected chi connectivity index (χ4v) is 4.71. The van der Waals surface area contributed by atoms with Crippen LogP contribution in [-0.4, -0.2) is 85.1 Å². The van der Waals surface area contributed by atoms with Gasteiger partial charge < -0.3 is 54.7 Å². The van der Waals surface area contributed by atoms with E-state index >= 15 is 0 Å². The Morgan fingerprint density at radius 2 is 1.65 bits per heavy atom. The molecule has 1 fully saturated rings. The van der Waals surface area contributed by atoms with Crippen LogP contribution in [0.15, 0.2) is 60.7 Å². The van der Waals surface area contributed by atoms with E-state index in [1.807, 2.05) is 0 Å². The van der Waals surface area contributed by atoms with Gasteiger partial charge in [-0.25, -0.2) is 4.79 Å².